The molecule has 0 saturated heterocycles. The van der Waals surface area contributed by atoms with E-state index in [1.165, 1.54) is 5.56 Å². The fourth-order valence-electron chi connectivity index (χ4n) is 3.75. The van der Waals surface area contributed by atoms with Crippen LogP contribution in [0.2, 0.25) is 0 Å². The van der Waals surface area contributed by atoms with E-state index in [0.717, 1.165) is 41.8 Å². The number of benzene rings is 2. The first-order valence-electron chi connectivity index (χ1n) is 9.64. The number of para-hydroxylation sites is 2. The van der Waals surface area contributed by atoms with Crippen molar-refractivity contribution in [3.63, 3.8) is 0 Å². The van der Waals surface area contributed by atoms with Gasteiger partial charge in [-0.05, 0) is 48.7 Å². The van der Waals surface area contributed by atoms with E-state index in [4.69, 9.17) is 0 Å². The molecule has 29 heavy (non-hydrogen) atoms. The normalized spacial score (nSPS) is 13.2. The number of hydrogen-bond donors (Lipinski definition) is 1. The maximum Gasteiger partial charge on any atom is 0.276 e. The minimum atomic E-state index is -0.304. The average molecular weight is 381 g/mol. The van der Waals surface area contributed by atoms with Crippen LogP contribution in [-0.4, -0.2) is 27.6 Å². The summed E-state index contributed by atoms with van der Waals surface area (Å²) in [5.74, 6) is 0.446. The molecule has 0 saturated carbocycles. The number of rotatable bonds is 3. The van der Waals surface area contributed by atoms with Gasteiger partial charge in [0.2, 0.25) is 0 Å². The molecule has 0 spiro atoms. The predicted molar refractivity (Wildman–Crippen MR) is 113 cm³/mol. The van der Waals surface area contributed by atoms with E-state index in [0.29, 0.717) is 5.69 Å². The predicted octanol–water partition coefficient (Wildman–Crippen LogP) is 4.36. The fraction of sp³-hybridized carbons (Fsp3) is 0.130. The van der Waals surface area contributed by atoms with E-state index in [-0.39, 0.29) is 11.6 Å². The zero-order chi connectivity index (χ0) is 19.6. The second-order valence-electron chi connectivity index (χ2n) is 7.00. The SMILES string of the molecule is O=C(Nc1cccc2cccnc12)c1ccc(N2CCCc3ccccc32)nn1. The molecule has 5 rings (SSSR count). The van der Waals surface area contributed by atoms with Gasteiger partial charge in [-0.2, -0.15) is 0 Å². The van der Waals surface area contributed by atoms with Crippen LogP contribution in [0.15, 0.2) is 72.9 Å². The molecule has 3 heterocycles. The Hall–Kier alpha value is -3.80. The van der Waals surface area contributed by atoms with Crippen LogP contribution < -0.4 is 10.2 Å². The van der Waals surface area contributed by atoms with Gasteiger partial charge in [-0.3, -0.25) is 9.78 Å². The zero-order valence-electron chi connectivity index (χ0n) is 15.7. The van der Waals surface area contributed by atoms with Crippen molar-refractivity contribution in [3.8, 4) is 0 Å². The Morgan fingerprint density at radius 1 is 0.931 bits per heavy atom. The molecule has 0 radical (unpaired) electrons. The number of fused-ring (bicyclic) bond motifs is 2. The first-order chi connectivity index (χ1) is 14.3. The molecule has 6 nitrogen and oxygen atoms in total. The summed E-state index contributed by atoms with van der Waals surface area (Å²) in [4.78, 5) is 19.2. The van der Waals surface area contributed by atoms with Crippen LogP contribution in [0.5, 0.6) is 0 Å². The number of nitrogens with zero attached hydrogens (tertiary/aromatic N) is 4. The van der Waals surface area contributed by atoms with Crippen molar-refractivity contribution < 1.29 is 4.79 Å². The van der Waals surface area contributed by atoms with E-state index >= 15 is 0 Å². The number of anilines is 3. The summed E-state index contributed by atoms with van der Waals surface area (Å²) in [7, 11) is 0. The Bertz CT molecular complexity index is 1180. The van der Waals surface area contributed by atoms with Crippen molar-refractivity contribution in [2.75, 3.05) is 16.8 Å². The third kappa shape index (κ3) is 3.29. The maximum atomic E-state index is 12.7. The zero-order valence-corrected chi connectivity index (χ0v) is 15.7. The second-order valence-corrected chi connectivity index (χ2v) is 7.00. The lowest BCUT2D eigenvalue weighted by Crippen LogP contribution is -2.26. The highest BCUT2D eigenvalue weighted by Gasteiger charge is 2.19. The van der Waals surface area contributed by atoms with E-state index in [9.17, 15) is 4.79 Å². The molecule has 0 bridgehead atoms. The molecule has 2 aromatic heterocycles. The molecule has 1 aliphatic heterocycles. The van der Waals surface area contributed by atoms with Crippen molar-refractivity contribution in [3.05, 3.63) is 84.2 Å². The van der Waals surface area contributed by atoms with Crippen LogP contribution in [0.1, 0.15) is 22.5 Å². The highest BCUT2D eigenvalue weighted by atomic mass is 16.1. The Morgan fingerprint density at radius 2 is 1.83 bits per heavy atom. The van der Waals surface area contributed by atoms with Crippen molar-refractivity contribution >= 4 is 34.0 Å². The molecule has 142 valence electrons. The fourth-order valence-corrected chi connectivity index (χ4v) is 3.75. The smallest absolute Gasteiger partial charge is 0.276 e. The quantitative estimate of drug-likeness (QED) is 0.571. The van der Waals surface area contributed by atoms with Gasteiger partial charge in [-0.1, -0.05) is 36.4 Å². The van der Waals surface area contributed by atoms with Crippen LogP contribution in [0, 0.1) is 0 Å². The highest BCUT2D eigenvalue weighted by molar-refractivity contribution is 6.07. The standard InChI is InChI=1S/C23H19N5O/c29-23(25-18-10-3-7-17-8-4-14-24-22(17)18)19-12-13-21(27-26-19)28-15-5-9-16-6-1-2-11-20(16)28/h1-4,6-8,10-14H,5,9,15H2,(H,25,29). The molecule has 6 heteroatoms. The summed E-state index contributed by atoms with van der Waals surface area (Å²) >= 11 is 0. The summed E-state index contributed by atoms with van der Waals surface area (Å²) in [6.07, 6.45) is 3.84. The van der Waals surface area contributed by atoms with Gasteiger partial charge in [0.25, 0.3) is 5.91 Å². The van der Waals surface area contributed by atoms with Crippen molar-refractivity contribution in [2.45, 2.75) is 12.8 Å². The maximum absolute atomic E-state index is 12.7. The van der Waals surface area contributed by atoms with E-state index in [1.807, 2.05) is 42.5 Å². The largest absolute Gasteiger partial charge is 0.325 e. The molecule has 0 fully saturated rings. The van der Waals surface area contributed by atoms with E-state index in [2.05, 4.69) is 43.6 Å². The van der Waals surface area contributed by atoms with Crippen molar-refractivity contribution in [2.24, 2.45) is 0 Å². The number of pyridine rings is 1. The third-order valence-electron chi connectivity index (χ3n) is 5.15. The van der Waals surface area contributed by atoms with Gasteiger partial charge in [0.15, 0.2) is 11.5 Å². The topological polar surface area (TPSA) is 71.0 Å². The minimum absolute atomic E-state index is 0.270. The number of aryl methyl sites for hydroxylation is 1. The lowest BCUT2D eigenvalue weighted by Gasteiger charge is -2.29. The number of nitrogens with one attached hydrogen (secondary N) is 1. The summed E-state index contributed by atoms with van der Waals surface area (Å²) in [6, 6.07) is 21.4. The monoisotopic (exact) mass is 381 g/mol. The molecule has 1 N–H and O–H groups in total. The molecular weight excluding hydrogens is 362 g/mol. The summed E-state index contributed by atoms with van der Waals surface area (Å²) in [6.45, 7) is 0.888. The summed E-state index contributed by atoms with van der Waals surface area (Å²) in [5, 5.41) is 12.4. The van der Waals surface area contributed by atoms with Crippen LogP contribution in [-0.2, 0) is 6.42 Å². The first-order valence-corrected chi connectivity index (χ1v) is 9.64. The average Bonchev–Trinajstić information content (AvgIpc) is 2.79. The molecular formula is C23H19N5O. The highest BCUT2D eigenvalue weighted by Crippen LogP contribution is 2.31. The molecule has 2 aromatic carbocycles. The van der Waals surface area contributed by atoms with Crippen LogP contribution in [0.3, 0.4) is 0 Å². The Labute approximate surface area is 168 Å². The van der Waals surface area contributed by atoms with Gasteiger partial charge in [0, 0.05) is 23.8 Å². The summed E-state index contributed by atoms with van der Waals surface area (Å²) < 4.78 is 0. The lowest BCUT2D eigenvalue weighted by atomic mass is 10.0. The van der Waals surface area contributed by atoms with Crippen LogP contribution >= 0.6 is 0 Å². The Balaban J connectivity index is 1.39. The van der Waals surface area contributed by atoms with Crippen molar-refractivity contribution in [1.82, 2.24) is 15.2 Å². The van der Waals surface area contributed by atoms with Gasteiger partial charge in [0.05, 0.1) is 11.2 Å². The first kappa shape index (κ1) is 17.3. The van der Waals surface area contributed by atoms with Gasteiger partial charge in [0.1, 0.15) is 0 Å². The molecule has 1 amide bonds. The summed E-state index contributed by atoms with van der Waals surface area (Å²) in [5.41, 5.74) is 4.15. The molecule has 4 aromatic rings. The third-order valence-corrected chi connectivity index (χ3v) is 5.15. The minimum Gasteiger partial charge on any atom is -0.325 e. The molecule has 0 unspecified atom stereocenters. The van der Waals surface area contributed by atoms with E-state index in [1.54, 1.807) is 12.3 Å². The molecule has 1 aliphatic rings. The molecule has 0 aliphatic carbocycles. The number of hydrogen-bond acceptors (Lipinski definition) is 5. The Kier molecular flexibility index (Phi) is 4.37. The van der Waals surface area contributed by atoms with Gasteiger partial charge >= 0.3 is 0 Å². The molecule has 0 atom stereocenters. The number of amides is 1. The lowest BCUT2D eigenvalue weighted by molar-refractivity contribution is 0.102. The van der Waals surface area contributed by atoms with Crippen LogP contribution in [0.4, 0.5) is 17.2 Å². The van der Waals surface area contributed by atoms with Gasteiger partial charge < -0.3 is 10.2 Å². The Morgan fingerprint density at radius 3 is 2.72 bits per heavy atom. The van der Waals surface area contributed by atoms with Crippen molar-refractivity contribution in [1.29, 1.82) is 0 Å². The number of carbonyl (C=O) groups is 1. The van der Waals surface area contributed by atoms with Gasteiger partial charge in [-0.25, -0.2) is 0 Å². The van der Waals surface area contributed by atoms with Crippen LogP contribution in [0.25, 0.3) is 10.9 Å². The number of aromatic nitrogens is 3. The number of carbonyl (C=O) groups excluding carboxylic acids is 1. The van der Waals surface area contributed by atoms with E-state index < -0.39 is 0 Å². The van der Waals surface area contributed by atoms with Gasteiger partial charge in [-0.15, -0.1) is 10.2 Å². The second kappa shape index (κ2) is 7.31.